The second-order valence-corrected chi connectivity index (χ2v) is 6.69. The highest BCUT2D eigenvalue weighted by atomic mass is 35.5. The number of nitrogens with zero attached hydrogens (tertiary/aromatic N) is 3. The third kappa shape index (κ3) is 3.32. The Bertz CT molecular complexity index is 659. The van der Waals surface area contributed by atoms with Crippen molar-refractivity contribution in [1.29, 1.82) is 0 Å². The molecule has 0 bridgehead atoms. The summed E-state index contributed by atoms with van der Waals surface area (Å²) >= 11 is 7.31. The molecule has 1 aliphatic rings. The summed E-state index contributed by atoms with van der Waals surface area (Å²) in [5.41, 5.74) is 1.42. The van der Waals surface area contributed by atoms with E-state index in [1.165, 1.54) is 18.2 Å². The van der Waals surface area contributed by atoms with Gasteiger partial charge in [-0.2, -0.15) is 0 Å². The van der Waals surface area contributed by atoms with Gasteiger partial charge in [0.2, 0.25) is 5.91 Å². The molecule has 112 valence electrons. The van der Waals surface area contributed by atoms with Crippen molar-refractivity contribution in [2.24, 2.45) is 0 Å². The molecule has 3 rings (SSSR count). The summed E-state index contributed by atoms with van der Waals surface area (Å²) in [6.07, 6.45) is 4.99. The van der Waals surface area contributed by atoms with Gasteiger partial charge < -0.3 is 9.88 Å². The summed E-state index contributed by atoms with van der Waals surface area (Å²) in [7, 11) is 0. The minimum atomic E-state index is 0.179. The number of imidazole rings is 1. The van der Waals surface area contributed by atoms with Crippen molar-refractivity contribution in [3.8, 4) is 0 Å². The van der Waals surface area contributed by atoms with Gasteiger partial charge in [-0.05, 0) is 32.3 Å². The Hall–Kier alpha value is -1.27. The van der Waals surface area contributed by atoms with Gasteiger partial charge >= 0.3 is 0 Å². The lowest BCUT2D eigenvalue weighted by atomic mass is 10.0. The number of H-pyrrole nitrogens is 1. The number of pyridine rings is 1. The standard InChI is InChI=1S/C14H17ClN4OS/c1-9-4-2-3-5-19(9)12(20)8-21-14-17-11-6-10(15)7-16-13(11)18-14/h6-7,9H,2-5,8H2,1H3,(H,16,17,18)/t9-/m0/s1. The van der Waals surface area contributed by atoms with Crippen molar-refractivity contribution in [1.82, 2.24) is 19.9 Å². The number of hydrogen-bond donors (Lipinski definition) is 1. The zero-order valence-electron chi connectivity index (χ0n) is 11.8. The largest absolute Gasteiger partial charge is 0.339 e. The topological polar surface area (TPSA) is 61.9 Å². The predicted molar refractivity (Wildman–Crippen MR) is 84.6 cm³/mol. The van der Waals surface area contributed by atoms with Crippen LogP contribution in [0.5, 0.6) is 0 Å². The van der Waals surface area contributed by atoms with Crippen molar-refractivity contribution in [2.45, 2.75) is 37.4 Å². The second kappa shape index (κ2) is 6.23. The van der Waals surface area contributed by atoms with Crippen LogP contribution in [-0.4, -0.2) is 44.1 Å². The number of nitrogens with one attached hydrogen (secondary N) is 1. The summed E-state index contributed by atoms with van der Waals surface area (Å²) in [6.45, 7) is 2.99. The first-order chi connectivity index (χ1) is 10.1. The number of rotatable bonds is 3. The Kier molecular flexibility index (Phi) is 4.35. The number of amides is 1. The lowest BCUT2D eigenvalue weighted by Crippen LogP contribution is -2.42. The molecule has 1 saturated heterocycles. The predicted octanol–water partition coefficient (Wildman–Crippen LogP) is 3.10. The molecule has 3 heterocycles. The van der Waals surface area contributed by atoms with Crippen LogP contribution in [0.25, 0.3) is 11.2 Å². The Balaban J connectivity index is 1.64. The highest BCUT2D eigenvalue weighted by Crippen LogP contribution is 2.22. The number of fused-ring (bicyclic) bond motifs is 1. The number of hydrogen-bond acceptors (Lipinski definition) is 4. The number of aromatic nitrogens is 3. The van der Waals surface area contributed by atoms with Crippen LogP contribution in [0, 0.1) is 0 Å². The molecule has 7 heteroatoms. The number of piperidine rings is 1. The minimum Gasteiger partial charge on any atom is -0.339 e. The van der Waals surface area contributed by atoms with Gasteiger partial charge in [-0.15, -0.1) is 0 Å². The molecular weight excluding hydrogens is 308 g/mol. The Morgan fingerprint density at radius 3 is 3.24 bits per heavy atom. The smallest absolute Gasteiger partial charge is 0.233 e. The minimum absolute atomic E-state index is 0.179. The van der Waals surface area contributed by atoms with E-state index in [2.05, 4.69) is 21.9 Å². The first kappa shape index (κ1) is 14.7. The molecular formula is C14H17ClN4OS. The van der Waals surface area contributed by atoms with Gasteiger partial charge in [0, 0.05) is 18.8 Å². The molecule has 2 aromatic rings. The van der Waals surface area contributed by atoms with Crippen LogP contribution in [0.4, 0.5) is 0 Å². The third-order valence-corrected chi connectivity index (χ3v) is 4.80. The van der Waals surface area contributed by atoms with E-state index in [0.717, 1.165) is 24.9 Å². The number of thioether (sulfide) groups is 1. The van der Waals surface area contributed by atoms with Crippen LogP contribution >= 0.6 is 23.4 Å². The molecule has 0 radical (unpaired) electrons. The van der Waals surface area contributed by atoms with Crippen LogP contribution in [0.1, 0.15) is 26.2 Å². The number of likely N-dealkylation sites (tertiary alicyclic amines) is 1. The fraction of sp³-hybridized carbons (Fsp3) is 0.500. The monoisotopic (exact) mass is 324 g/mol. The van der Waals surface area contributed by atoms with E-state index in [1.54, 1.807) is 12.3 Å². The van der Waals surface area contributed by atoms with E-state index in [0.29, 0.717) is 27.6 Å². The molecule has 0 saturated carbocycles. The molecule has 1 amide bonds. The lowest BCUT2D eigenvalue weighted by Gasteiger charge is -2.33. The van der Waals surface area contributed by atoms with Crippen molar-refractivity contribution < 1.29 is 4.79 Å². The molecule has 1 aliphatic heterocycles. The van der Waals surface area contributed by atoms with Gasteiger partial charge in [0.1, 0.15) is 0 Å². The van der Waals surface area contributed by atoms with Gasteiger partial charge in [0.25, 0.3) is 0 Å². The maximum absolute atomic E-state index is 12.3. The molecule has 0 spiro atoms. The van der Waals surface area contributed by atoms with Crippen LogP contribution in [0.15, 0.2) is 17.4 Å². The zero-order valence-corrected chi connectivity index (χ0v) is 13.4. The average Bonchev–Trinajstić information content (AvgIpc) is 2.87. The highest BCUT2D eigenvalue weighted by molar-refractivity contribution is 7.99. The SMILES string of the molecule is C[C@H]1CCCCN1C(=O)CSc1nc2ncc(Cl)cc2[nH]1. The fourth-order valence-electron chi connectivity index (χ4n) is 2.60. The molecule has 1 N–H and O–H groups in total. The molecule has 1 fully saturated rings. The third-order valence-electron chi connectivity index (χ3n) is 3.74. The number of halogens is 1. The van der Waals surface area contributed by atoms with E-state index < -0.39 is 0 Å². The average molecular weight is 325 g/mol. The summed E-state index contributed by atoms with van der Waals surface area (Å²) in [6, 6.07) is 2.14. The lowest BCUT2D eigenvalue weighted by molar-refractivity contribution is -0.131. The summed E-state index contributed by atoms with van der Waals surface area (Å²) < 4.78 is 0. The highest BCUT2D eigenvalue weighted by Gasteiger charge is 2.23. The van der Waals surface area contributed by atoms with Gasteiger partial charge in [0.15, 0.2) is 10.8 Å². The first-order valence-electron chi connectivity index (χ1n) is 7.07. The molecule has 2 aromatic heterocycles. The van der Waals surface area contributed by atoms with E-state index in [9.17, 15) is 4.79 Å². The molecule has 0 aliphatic carbocycles. The van der Waals surface area contributed by atoms with E-state index in [-0.39, 0.29) is 5.91 Å². The van der Waals surface area contributed by atoms with E-state index in [1.807, 2.05) is 4.90 Å². The van der Waals surface area contributed by atoms with Crippen molar-refractivity contribution in [3.05, 3.63) is 17.3 Å². The van der Waals surface area contributed by atoms with Crippen LogP contribution < -0.4 is 0 Å². The molecule has 21 heavy (non-hydrogen) atoms. The Morgan fingerprint density at radius 1 is 1.57 bits per heavy atom. The van der Waals surface area contributed by atoms with Gasteiger partial charge in [0.05, 0.1) is 16.3 Å². The maximum atomic E-state index is 12.3. The molecule has 0 unspecified atom stereocenters. The van der Waals surface area contributed by atoms with Crippen molar-refractivity contribution in [3.63, 3.8) is 0 Å². The molecule has 5 nitrogen and oxygen atoms in total. The van der Waals surface area contributed by atoms with Gasteiger partial charge in [-0.3, -0.25) is 4.79 Å². The Labute approximate surface area is 132 Å². The zero-order chi connectivity index (χ0) is 14.8. The fourth-order valence-corrected chi connectivity index (χ4v) is 3.52. The number of carbonyl (C=O) groups is 1. The van der Waals surface area contributed by atoms with Crippen LogP contribution in [0.2, 0.25) is 5.02 Å². The Morgan fingerprint density at radius 2 is 2.43 bits per heavy atom. The maximum Gasteiger partial charge on any atom is 0.233 e. The van der Waals surface area contributed by atoms with Gasteiger partial charge in [-0.1, -0.05) is 23.4 Å². The molecule has 0 aromatic carbocycles. The van der Waals surface area contributed by atoms with E-state index in [4.69, 9.17) is 11.6 Å². The van der Waals surface area contributed by atoms with E-state index >= 15 is 0 Å². The second-order valence-electron chi connectivity index (χ2n) is 5.29. The van der Waals surface area contributed by atoms with Crippen LogP contribution in [-0.2, 0) is 4.79 Å². The summed E-state index contributed by atoms with van der Waals surface area (Å²) in [5, 5.41) is 1.28. The number of aromatic amines is 1. The number of carbonyl (C=O) groups excluding carboxylic acids is 1. The summed E-state index contributed by atoms with van der Waals surface area (Å²) in [4.78, 5) is 25.9. The quantitative estimate of drug-likeness (QED) is 0.881. The molecule has 1 atom stereocenters. The normalized spacial score (nSPS) is 19.1. The first-order valence-corrected chi connectivity index (χ1v) is 8.43. The van der Waals surface area contributed by atoms with Gasteiger partial charge in [-0.25, -0.2) is 9.97 Å². The summed E-state index contributed by atoms with van der Waals surface area (Å²) in [5.74, 6) is 0.580. The van der Waals surface area contributed by atoms with Crippen molar-refractivity contribution in [2.75, 3.05) is 12.3 Å². The van der Waals surface area contributed by atoms with Crippen molar-refractivity contribution >= 4 is 40.4 Å². The van der Waals surface area contributed by atoms with Crippen LogP contribution in [0.3, 0.4) is 0 Å².